The van der Waals surface area contributed by atoms with Crippen molar-refractivity contribution in [3.05, 3.63) is 35.3 Å². The zero-order chi connectivity index (χ0) is 21.8. The van der Waals surface area contributed by atoms with Crippen LogP contribution in [0.1, 0.15) is 11.3 Å². The summed E-state index contributed by atoms with van der Waals surface area (Å²) in [6.45, 7) is 8.68. The lowest BCUT2D eigenvalue weighted by atomic mass is 10.1. The van der Waals surface area contributed by atoms with Crippen molar-refractivity contribution in [1.29, 1.82) is 0 Å². The molecular formula is C22H30FN5O3. The van der Waals surface area contributed by atoms with Gasteiger partial charge in [0.25, 0.3) is 0 Å². The van der Waals surface area contributed by atoms with Crippen LogP contribution in [-0.4, -0.2) is 92.6 Å². The predicted octanol–water partition coefficient (Wildman–Crippen LogP) is 1.43. The van der Waals surface area contributed by atoms with Crippen molar-refractivity contribution in [2.75, 3.05) is 66.1 Å². The molecule has 1 amide bonds. The molecule has 31 heavy (non-hydrogen) atoms. The Kier molecular flexibility index (Phi) is 6.72. The standard InChI is InChI=1S/C22H30FN5O3/c1-16-18-13-17(23)3-4-19(18)31-20(16)14-25-22(24-2)28-7-5-26(6-8-28)15-21(29)27-9-11-30-12-10-27/h3-4,13H,5-12,14-15H2,1-2H3,(H,24,25). The molecule has 0 unspecified atom stereocenters. The van der Waals surface area contributed by atoms with E-state index in [0.29, 0.717) is 45.0 Å². The van der Waals surface area contributed by atoms with Crippen LogP contribution in [0.5, 0.6) is 0 Å². The van der Waals surface area contributed by atoms with E-state index in [2.05, 4.69) is 20.1 Å². The summed E-state index contributed by atoms with van der Waals surface area (Å²) in [5.41, 5.74) is 1.62. The minimum absolute atomic E-state index is 0.177. The molecule has 4 rings (SSSR count). The zero-order valence-corrected chi connectivity index (χ0v) is 18.2. The zero-order valence-electron chi connectivity index (χ0n) is 18.2. The lowest BCUT2D eigenvalue weighted by Gasteiger charge is -2.37. The van der Waals surface area contributed by atoms with Crippen molar-refractivity contribution in [3.63, 3.8) is 0 Å². The molecule has 0 spiro atoms. The maximum Gasteiger partial charge on any atom is 0.236 e. The van der Waals surface area contributed by atoms with E-state index in [1.54, 1.807) is 13.1 Å². The van der Waals surface area contributed by atoms with Gasteiger partial charge >= 0.3 is 0 Å². The van der Waals surface area contributed by atoms with E-state index >= 15 is 0 Å². The van der Waals surface area contributed by atoms with E-state index in [-0.39, 0.29) is 11.7 Å². The maximum atomic E-state index is 13.5. The van der Waals surface area contributed by atoms with E-state index in [1.807, 2.05) is 11.8 Å². The summed E-state index contributed by atoms with van der Waals surface area (Å²) in [6, 6.07) is 4.57. The van der Waals surface area contributed by atoms with Crippen LogP contribution in [-0.2, 0) is 16.1 Å². The average Bonchev–Trinajstić information content (AvgIpc) is 3.11. The number of benzene rings is 1. The van der Waals surface area contributed by atoms with E-state index in [9.17, 15) is 9.18 Å². The number of aryl methyl sites for hydroxylation is 1. The highest BCUT2D eigenvalue weighted by molar-refractivity contribution is 5.83. The van der Waals surface area contributed by atoms with Crippen LogP contribution in [0.2, 0.25) is 0 Å². The summed E-state index contributed by atoms with van der Waals surface area (Å²) in [5.74, 6) is 1.48. The molecule has 2 aliphatic heterocycles. The monoisotopic (exact) mass is 431 g/mol. The van der Waals surface area contributed by atoms with Gasteiger partial charge in [-0.15, -0.1) is 0 Å². The normalized spacial score (nSPS) is 18.6. The van der Waals surface area contributed by atoms with E-state index in [4.69, 9.17) is 9.15 Å². The second-order valence-corrected chi connectivity index (χ2v) is 7.95. The molecule has 0 saturated carbocycles. The van der Waals surface area contributed by atoms with Crippen molar-refractivity contribution < 1.29 is 18.3 Å². The fraction of sp³-hybridized carbons (Fsp3) is 0.545. The second-order valence-electron chi connectivity index (χ2n) is 7.95. The van der Waals surface area contributed by atoms with Crippen molar-refractivity contribution in [1.82, 2.24) is 20.0 Å². The predicted molar refractivity (Wildman–Crippen MR) is 117 cm³/mol. The number of nitrogens with one attached hydrogen (secondary N) is 1. The number of guanidine groups is 1. The minimum atomic E-state index is -0.267. The summed E-state index contributed by atoms with van der Waals surface area (Å²) in [6.07, 6.45) is 0. The molecule has 8 nitrogen and oxygen atoms in total. The first-order chi connectivity index (χ1) is 15.0. The van der Waals surface area contributed by atoms with Crippen molar-refractivity contribution >= 4 is 22.8 Å². The molecule has 2 aromatic rings. The molecule has 2 fully saturated rings. The van der Waals surface area contributed by atoms with Crippen LogP contribution in [0.3, 0.4) is 0 Å². The summed E-state index contributed by atoms with van der Waals surface area (Å²) in [4.78, 5) is 23.1. The Hall–Kier alpha value is -2.65. The first-order valence-corrected chi connectivity index (χ1v) is 10.8. The number of hydrogen-bond donors (Lipinski definition) is 1. The molecule has 1 aromatic heterocycles. The van der Waals surface area contributed by atoms with Crippen molar-refractivity contribution in [2.24, 2.45) is 4.99 Å². The van der Waals surface area contributed by atoms with Gasteiger partial charge in [0.2, 0.25) is 5.91 Å². The van der Waals surface area contributed by atoms with Crippen LogP contribution in [0.4, 0.5) is 4.39 Å². The topological polar surface area (TPSA) is 73.6 Å². The highest BCUT2D eigenvalue weighted by Crippen LogP contribution is 2.25. The summed E-state index contributed by atoms with van der Waals surface area (Å²) >= 11 is 0. The van der Waals surface area contributed by atoms with Gasteiger partial charge < -0.3 is 24.3 Å². The molecule has 168 valence electrons. The van der Waals surface area contributed by atoms with E-state index in [1.165, 1.54) is 12.1 Å². The third kappa shape index (κ3) is 4.99. The average molecular weight is 432 g/mol. The molecule has 9 heteroatoms. The Balaban J connectivity index is 1.29. The van der Waals surface area contributed by atoms with Gasteiger partial charge in [0, 0.05) is 57.3 Å². The Morgan fingerprint density at radius 1 is 1.13 bits per heavy atom. The molecule has 1 N–H and O–H groups in total. The van der Waals surface area contributed by atoms with E-state index < -0.39 is 0 Å². The molecule has 2 saturated heterocycles. The van der Waals surface area contributed by atoms with Gasteiger partial charge in [-0.1, -0.05) is 0 Å². The fourth-order valence-corrected chi connectivity index (χ4v) is 4.13. The molecular weight excluding hydrogens is 401 g/mol. The van der Waals surface area contributed by atoms with Crippen LogP contribution >= 0.6 is 0 Å². The Labute approximate surface area is 181 Å². The first kappa shape index (κ1) is 21.6. The molecule has 0 bridgehead atoms. The number of nitrogens with zero attached hydrogens (tertiary/aromatic N) is 4. The largest absolute Gasteiger partial charge is 0.459 e. The number of carbonyl (C=O) groups excluding carboxylic acids is 1. The lowest BCUT2D eigenvalue weighted by molar-refractivity contribution is -0.136. The molecule has 3 heterocycles. The summed E-state index contributed by atoms with van der Waals surface area (Å²) in [5, 5.41) is 4.16. The number of furan rings is 1. The number of rotatable bonds is 4. The Morgan fingerprint density at radius 3 is 2.58 bits per heavy atom. The summed E-state index contributed by atoms with van der Waals surface area (Å²) < 4.78 is 24.7. The Morgan fingerprint density at radius 2 is 1.87 bits per heavy atom. The van der Waals surface area contributed by atoms with Crippen molar-refractivity contribution in [3.8, 4) is 0 Å². The molecule has 1 aromatic carbocycles. The number of aliphatic imine (C=N–C) groups is 1. The van der Waals surface area contributed by atoms with Gasteiger partial charge in [0.15, 0.2) is 5.96 Å². The lowest BCUT2D eigenvalue weighted by Crippen LogP contribution is -2.54. The van der Waals surface area contributed by atoms with Crippen molar-refractivity contribution in [2.45, 2.75) is 13.5 Å². The number of halogens is 1. The van der Waals surface area contributed by atoms with Gasteiger partial charge in [-0.05, 0) is 25.1 Å². The van der Waals surface area contributed by atoms with E-state index in [0.717, 1.165) is 48.8 Å². The smallest absolute Gasteiger partial charge is 0.236 e. The highest BCUT2D eigenvalue weighted by atomic mass is 19.1. The third-order valence-electron chi connectivity index (χ3n) is 6.01. The van der Waals surface area contributed by atoms with Gasteiger partial charge in [-0.25, -0.2) is 4.39 Å². The number of amides is 1. The van der Waals surface area contributed by atoms with Gasteiger partial charge in [0.05, 0.1) is 26.3 Å². The van der Waals surface area contributed by atoms with Crippen LogP contribution < -0.4 is 5.32 Å². The number of ether oxygens (including phenoxy) is 1. The summed E-state index contributed by atoms with van der Waals surface area (Å²) in [7, 11) is 1.76. The van der Waals surface area contributed by atoms with Gasteiger partial charge in [-0.2, -0.15) is 0 Å². The second kappa shape index (κ2) is 9.65. The fourth-order valence-electron chi connectivity index (χ4n) is 4.13. The number of carbonyl (C=O) groups is 1. The number of morpholine rings is 1. The number of fused-ring (bicyclic) bond motifs is 1. The minimum Gasteiger partial charge on any atom is -0.459 e. The molecule has 0 atom stereocenters. The van der Waals surface area contributed by atoms with Gasteiger partial charge in [0.1, 0.15) is 17.2 Å². The maximum absolute atomic E-state index is 13.5. The quantitative estimate of drug-likeness (QED) is 0.583. The first-order valence-electron chi connectivity index (χ1n) is 10.8. The Bertz CT molecular complexity index is 946. The molecule has 0 aliphatic carbocycles. The SMILES string of the molecule is CN=C(NCc1oc2ccc(F)cc2c1C)N1CCN(CC(=O)N2CCOCC2)CC1. The van der Waals surface area contributed by atoms with Gasteiger partial charge in [-0.3, -0.25) is 14.7 Å². The number of piperazine rings is 1. The highest BCUT2D eigenvalue weighted by Gasteiger charge is 2.24. The number of hydrogen-bond acceptors (Lipinski definition) is 5. The van der Waals surface area contributed by atoms with Crippen LogP contribution in [0.15, 0.2) is 27.6 Å². The van der Waals surface area contributed by atoms with Crippen LogP contribution in [0.25, 0.3) is 11.0 Å². The van der Waals surface area contributed by atoms with Crippen LogP contribution in [0, 0.1) is 12.7 Å². The molecule has 0 radical (unpaired) electrons. The molecule has 2 aliphatic rings. The third-order valence-corrected chi connectivity index (χ3v) is 6.01.